The van der Waals surface area contributed by atoms with Gasteiger partial charge >= 0.3 is 0 Å². The Balaban J connectivity index is 2.37. The van der Waals surface area contributed by atoms with Crippen LogP contribution in [-0.2, 0) is 0 Å². The molecule has 1 aromatic heterocycles. The summed E-state index contributed by atoms with van der Waals surface area (Å²) >= 11 is 17.9. The normalized spacial score (nSPS) is 10.4. The Morgan fingerprint density at radius 1 is 1.11 bits per heavy atom. The topological polar surface area (TPSA) is 34.2 Å². The fourth-order valence-corrected chi connectivity index (χ4v) is 2.25. The molecule has 0 atom stereocenters. The summed E-state index contributed by atoms with van der Waals surface area (Å²) < 4.78 is 5.69. The van der Waals surface area contributed by atoms with E-state index in [0.717, 1.165) is 5.56 Å². The lowest BCUT2D eigenvalue weighted by molar-refractivity contribution is 0.460. The second-order valence-corrected chi connectivity index (χ2v) is 5.12. The highest BCUT2D eigenvalue weighted by Gasteiger charge is 2.11. The molecule has 1 heterocycles. The summed E-state index contributed by atoms with van der Waals surface area (Å²) in [6.45, 7) is 1.89. The predicted octanol–water partition coefficient (Wildman–Crippen LogP) is 5.18. The van der Waals surface area contributed by atoms with Crippen LogP contribution in [0.5, 0.6) is 11.6 Å². The van der Waals surface area contributed by atoms with Crippen molar-refractivity contribution in [1.82, 2.24) is 4.98 Å². The van der Waals surface area contributed by atoms with Crippen molar-refractivity contribution in [3.63, 3.8) is 0 Å². The number of benzene rings is 1. The van der Waals surface area contributed by atoms with Gasteiger partial charge in [0, 0.05) is 12.1 Å². The van der Waals surface area contributed by atoms with Crippen LogP contribution >= 0.6 is 34.8 Å². The molecule has 1 N–H and O–H groups in total. The van der Waals surface area contributed by atoms with E-state index < -0.39 is 0 Å². The maximum absolute atomic E-state index is 6.07. The van der Waals surface area contributed by atoms with Crippen LogP contribution < -0.4 is 10.1 Å². The zero-order valence-corrected chi connectivity index (χ0v) is 12.6. The first-order valence-corrected chi connectivity index (χ1v) is 6.62. The summed E-state index contributed by atoms with van der Waals surface area (Å²) in [7, 11) is 1.72. The van der Waals surface area contributed by atoms with E-state index in [1.54, 1.807) is 31.3 Å². The zero-order valence-electron chi connectivity index (χ0n) is 10.3. The van der Waals surface area contributed by atoms with E-state index in [1.165, 1.54) is 0 Å². The van der Waals surface area contributed by atoms with Gasteiger partial charge in [-0.15, -0.1) is 0 Å². The minimum atomic E-state index is 0.292. The average Bonchev–Trinajstić information content (AvgIpc) is 2.35. The summed E-state index contributed by atoms with van der Waals surface area (Å²) in [5.74, 6) is 1.44. The molecule has 2 rings (SSSR count). The maximum Gasteiger partial charge on any atom is 0.240 e. The van der Waals surface area contributed by atoms with Crippen LogP contribution in [0, 0.1) is 6.92 Å². The van der Waals surface area contributed by atoms with Gasteiger partial charge in [-0.2, -0.15) is 4.98 Å². The molecule has 0 aliphatic carbocycles. The molecule has 0 aliphatic rings. The largest absolute Gasteiger partial charge is 0.437 e. The molecule has 0 radical (unpaired) electrons. The molecule has 0 unspecified atom stereocenters. The van der Waals surface area contributed by atoms with Crippen molar-refractivity contribution in [3.8, 4) is 11.6 Å². The highest BCUT2D eigenvalue weighted by atomic mass is 35.5. The highest BCUT2D eigenvalue weighted by molar-refractivity contribution is 6.36. The van der Waals surface area contributed by atoms with E-state index in [0.29, 0.717) is 32.5 Å². The van der Waals surface area contributed by atoms with Gasteiger partial charge in [-0.25, -0.2) is 0 Å². The zero-order chi connectivity index (χ0) is 14.0. The van der Waals surface area contributed by atoms with E-state index in [1.807, 2.05) is 6.92 Å². The quantitative estimate of drug-likeness (QED) is 0.846. The minimum Gasteiger partial charge on any atom is -0.437 e. The molecule has 0 saturated heterocycles. The van der Waals surface area contributed by atoms with Crippen LogP contribution in [0.2, 0.25) is 15.1 Å². The lowest BCUT2D eigenvalue weighted by Gasteiger charge is -2.11. The molecule has 0 bridgehead atoms. The molecule has 3 nitrogen and oxygen atoms in total. The van der Waals surface area contributed by atoms with Crippen molar-refractivity contribution in [3.05, 3.63) is 44.9 Å². The van der Waals surface area contributed by atoms with Gasteiger partial charge in [0.15, 0.2) is 0 Å². The number of ether oxygens (including phenoxy) is 1. The second-order valence-electron chi connectivity index (χ2n) is 3.87. The average molecular weight is 318 g/mol. The summed E-state index contributed by atoms with van der Waals surface area (Å²) in [6, 6.07) is 6.90. The van der Waals surface area contributed by atoms with Crippen molar-refractivity contribution in [2.45, 2.75) is 6.92 Å². The molecule has 1 aromatic carbocycles. The summed E-state index contributed by atoms with van der Waals surface area (Å²) in [4.78, 5) is 4.22. The number of anilines is 1. The summed E-state index contributed by atoms with van der Waals surface area (Å²) in [5, 5.41) is 4.30. The monoisotopic (exact) mass is 316 g/mol. The second kappa shape index (κ2) is 5.87. The van der Waals surface area contributed by atoms with Gasteiger partial charge in [0.2, 0.25) is 5.88 Å². The van der Waals surface area contributed by atoms with E-state index >= 15 is 0 Å². The lowest BCUT2D eigenvalue weighted by Crippen LogP contribution is -1.97. The molecule has 0 spiro atoms. The molecule has 0 amide bonds. The number of nitrogens with one attached hydrogen (secondary N) is 1. The predicted molar refractivity (Wildman–Crippen MR) is 80.1 cm³/mol. The fourth-order valence-electron chi connectivity index (χ4n) is 1.53. The third-order valence-corrected chi connectivity index (χ3v) is 3.27. The Hall–Kier alpha value is -1.16. The van der Waals surface area contributed by atoms with E-state index in [9.17, 15) is 0 Å². The standard InChI is InChI=1S/C13H11Cl3N2O/c1-7-5-8(14)3-4-11(7)19-13-10(16)6-9(15)12(17-2)18-13/h3-6H,1-2H3,(H,17,18). The first kappa shape index (κ1) is 14.3. The van der Waals surface area contributed by atoms with Crippen molar-refractivity contribution < 1.29 is 4.74 Å². The Labute approximate surface area is 126 Å². The third-order valence-electron chi connectivity index (χ3n) is 2.48. The van der Waals surface area contributed by atoms with Crippen LogP contribution in [-0.4, -0.2) is 12.0 Å². The smallest absolute Gasteiger partial charge is 0.240 e. The minimum absolute atomic E-state index is 0.292. The van der Waals surface area contributed by atoms with Gasteiger partial charge < -0.3 is 10.1 Å². The van der Waals surface area contributed by atoms with Crippen LogP contribution in [0.15, 0.2) is 24.3 Å². The summed E-state index contributed by atoms with van der Waals surface area (Å²) in [5.41, 5.74) is 0.895. The molecular formula is C13H11Cl3N2O. The van der Waals surface area contributed by atoms with Crippen LogP contribution in [0.1, 0.15) is 5.56 Å². The van der Waals surface area contributed by atoms with Crippen molar-refractivity contribution >= 4 is 40.6 Å². The van der Waals surface area contributed by atoms with Gasteiger partial charge in [-0.05, 0) is 36.8 Å². The van der Waals surface area contributed by atoms with Gasteiger partial charge in [0.25, 0.3) is 0 Å². The van der Waals surface area contributed by atoms with Crippen molar-refractivity contribution in [1.29, 1.82) is 0 Å². The Morgan fingerprint density at radius 3 is 2.47 bits per heavy atom. The van der Waals surface area contributed by atoms with Gasteiger partial charge in [-0.3, -0.25) is 0 Å². The molecule has 0 saturated carbocycles. The van der Waals surface area contributed by atoms with Crippen LogP contribution in [0.3, 0.4) is 0 Å². The number of hydrogen-bond acceptors (Lipinski definition) is 3. The Kier molecular flexibility index (Phi) is 4.40. The highest BCUT2D eigenvalue weighted by Crippen LogP contribution is 2.34. The Morgan fingerprint density at radius 2 is 1.84 bits per heavy atom. The van der Waals surface area contributed by atoms with Crippen LogP contribution in [0.4, 0.5) is 5.82 Å². The molecule has 0 fully saturated rings. The number of nitrogens with zero attached hydrogens (tertiary/aromatic N) is 1. The lowest BCUT2D eigenvalue weighted by atomic mass is 10.2. The number of hydrogen-bond donors (Lipinski definition) is 1. The molecule has 19 heavy (non-hydrogen) atoms. The number of aryl methyl sites for hydroxylation is 1. The van der Waals surface area contributed by atoms with Crippen LogP contribution in [0.25, 0.3) is 0 Å². The number of halogens is 3. The van der Waals surface area contributed by atoms with E-state index in [-0.39, 0.29) is 0 Å². The molecule has 6 heteroatoms. The molecule has 0 aliphatic heterocycles. The number of pyridine rings is 1. The van der Waals surface area contributed by atoms with Gasteiger partial charge in [0.1, 0.15) is 16.6 Å². The first-order chi connectivity index (χ1) is 9.01. The number of aromatic nitrogens is 1. The summed E-state index contributed by atoms with van der Waals surface area (Å²) in [6.07, 6.45) is 0. The third kappa shape index (κ3) is 3.24. The fraction of sp³-hybridized carbons (Fsp3) is 0.154. The maximum atomic E-state index is 6.07. The first-order valence-electron chi connectivity index (χ1n) is 5.49. The van der Waals surface area contributed by atoms with Crippen molar-refractivity contribution in [2.75, 3.05) is 12.4 Å². The SMILES string of the molecule is CNc1nc(Oc2ccc(Cl)cc2C)c(Cl)cc1Cl. The number of rotatable bonds is 3. The van der Waals surface area contributed by atoms with E-state index in [4.69, 9.17) is 39.5 Å². The van der Waals surface area contributed by atoms with Gasteiger partial charge in [-0.1, -0.05) is 34.8 Å². The van der Waals surface area contributed by atoms with E-state index in [2.05, 4.69) is 10.3 Å². The molecule has 2 aromatic rings. The molecule has 100 valence electrons. The van der Waals surface area contributed by atoms with Gasteiger partial charge in [0.05, 0.1) is 5.02 Å². The van der Waals surface area contributed by atoms with Crippen molar-refractivity contribution in [2.24, 2.45) is 0 Å². The Bertz CT molecular complexity index is 617. The molecular weight excluding hydrogens is 307 g/mol.